The third-order valence-electron chi connectivity index (χ3n) is 12.0. The van der Waals surface area contributed by atoms with Gasteiger partial charge in [-0.2, -0.15) is 11.8 Å². The van der Waals surface area contributed by atoms with Gasteiger partial charge in [0, 0.05) is 36.8 Å². The van der Waals surface area contributed by atoms with Crippen molar-refractivity contribution < 1.29 is 100 Å². The van der Waals surface area contributed by atoms with Crippen LogP contribution in [0.15, 0.2) is 12.2 Å². The van der Waals surface area contributed by atoms with Crippen molar-refractivity contribution in [3.63, 3.8) is 0 Å². The van der Waals surface area contributed by atoms with Crippen LogP contribution in [0.2, 0.25) is 0 Å². The van der Waals surface area contributed by atoms with E-state index in [1.165, 1.54) is 38.5 Å². The third-order valence-corrected chi connectivity index (χ3v) is 15.5. The highest BCUT2D eigenvalue weighted by atomic mass is 32.2. The van der Waals surface area contributed by atoms with Crippen molar-refractivity contribution in [3.05, 3.63) is 12.2 Å². The number of ether oxygens (including phenoxy) is 2. The first-order valence-corrected chi connectivity index (χ1v) is 30.2. The Balaban J connectivity index is 0.0000178. The molecule has 20 N–H and O–H groups in total. The van der Waals surface area contributed by atoms with Crippen molar-refractivity contribution in [2.75, 3.05) is 25.5 Å². The number of quaternary nitrogens is 3. The van der Waals surface area contributed by atoms with Crippen LogP contribution in [0, 0.1) is 0 Å². The molecule has 1 saturated carbocycles. The molecule has 0 aromatic rings. The number of aliphatic hydroxyl groups is 3. The molecule has 74 heavy (non-hydrogen) atoms. The molecule has 31 heteroatoms. The van der Waals surface area contributed by atoms with E-state index in [1.807, 2.05) is 11.8 Å². The second-order valence-corrected chi connectivity index (χ2v) is 23.0. The van der Waals surface area contributed by atoms with E-state index in [2.05, 4.69) is 44.1 Å². The van der Waals surface area contributed by atoms with Crippen LogP contribution in [0.5, 0.6) is 0 Å². The largest absolute Gasteiger partial charge is 0.790 e. The van der Waals surface area contributed by atoms with Gasteiger partial charge in [-0.25, -0.2) is 9.36 Å². The predicted molar refractivity (Wildman–Crippen MR) is 270 cm³/mol. The molecule has 2 saturated heterocycles. The summed E-state index contributed by atoms with van der Waals surface area (Å²) in [5.74, 6) is -0.757. The average Bonchev–Trinajstić information content (AvgIpc) is 3.85. The Labute approximate surface area is 438 Å². The molecule has 27 nitrogen and oxygen atoms in total. The van der Waals surface area contributed by atoms with Gasteiger partial charge in [-0.05, 0) is 57.8 Å². The number of aliphatic hydroxyl groups excluding tert-OH is 3. The van der Waals surface area contributed by atoms with Gasteiger partial charge in [-0.1, -0.05) is 83.3 Å². The maximum absolute atomic E-state index is 13.1. The minimum absolute atomic E-state index is 0. The number of carbonyl (C=O) groups excluding carboxylic acids is 4. The lowest BCUT2D eigenvalue weighted by Crippen LogP contribution is -2.65. The monoisotopic (exact) mass is 1150 g/mol. The quantitative estimate of drug-likeness (QED) is 0.0138. The number of phosphoric ester groups is 3. The number of urea groups is 1. The molecular formula is C43H87N6O21P3S. The number of phosphoric acid groups is 3. The van der Waals surface area contributed by atoms with Crippen LogP contribution < -0.4 is 49.1 Å². The number of nitrogens with one attached hydrogen (secondary N) is 3. The first-order chi connectivity index (χ1) is 33.6. The molecule has 3 aliphatic rings. The van der Waals surface area contributed by atoms with Crippen LogP contribution >= 0.6 is 35.2 Å². The second kappa shape index (κ2) is 37.6. The molecular weight excluding hydrogens is 1060 g/mol. The lowest BCUT2D eigenvalue weighted by Gasteiger charge is -2.48. The van der Waals surface area contributed by atoms with Crippen molar-refractivity contribution >= 4 is 59.1 Å². The highest BCUT2D eigenvalue weighted by molar-refractivity contribution is 8.00. The minimum Gasteiger partial charge on any atom is -0.790 e. The van der Waals surface area contributed by atoms with Crippen molar-refractivity contribution in [2.24, 2.45) is 0 Å². The summed E-state index contributed by atoms with van der Waals surface area (Å²) >= 11 is 1.81. The van der Waals surface area contributed by atoms with Crippen LogP contribution in [0.1, 0.15) is 148 Å². The number of amides is 3. The minimum atomic E-state index is -6.10. The number of unbranched alkanes of at least 4 members (excludes halogenated alkanes) is 14. The Morgan fingerprint density at radius 2 is 1.23 bits per heavy atom. The van der Waals surface area contributed by atoms with Crippen molar-refractivity contribution in [3.8, 4) is 0 Å². The van der Waals surface area contributed by atoms with Gasteiger partial charge in [0.2, 0.25) is 5.91 Å². The highest BCUT2D eigenvalue weighted by Gasteiger charge is 2.55. The Morgan fingerprint density at radius 1 is 0.703 bits per heavy atom. The number of carbonyl (C=O) groups is 4. The molecule has 1 aliphatic carbocycles. The van der Waals surface area contributed by atoms with Gasteiger partial charge in [0.05, 0.1) is 26.5 Å². The van der Waals surface area contributed by atoms with Crippen LogP contribution in [0.3, 0.4) is 0 Å². The molecule has 0 spiro atoms. The smallest absolute Gasteiger partial charge is 0.472 e. The van der Waals surface area contributed by atoms with E-state index in [0.29, 0.717) is 50.3 Å². The molecule has 436 valence electrons. The van der Waals surface area contributed by atoms with Crippen LogP contribution in [0.4, 0.5) is 4.79 Å². The third kappa shape index (κ3) is 29.6. The zero-order chi connectivity index (χ0) is 52.5. The number of esters is 2. The van der Waals surface area contributed by atoms with Gasteiger partial charge < -0.3 is 97.3 Å². The summed E-state index contributed by atoms with van der Waals surface area (Å²) in [5.41, 5.74) is 0. The molecule has 2 heterocycles. The van der Waals surface area contributed by atoms with Gasteiger partial charge in [0.15, 0.2) is 6.10 Å². The summed E-state index contributed by atoms with van der Waals surface area (Å²) in [6, 6.07) is 0.0965. The van der Waals surface area contributed by atoms with E-state index in [-0.39, 0.29) is 55.3 Å². The van der Waals surface area contributed by atoms with E-state index in [0.717, 1.165) is 57.1 Å². The molecule has 2 aliphatic heterocycles. The lowest BCUT2D eigenvalue weighted by molar-refractivity contribution is -0.353. The van der Waals surface area contributed by atoms with Gasteiger partial charge in [0.25, 0.3) is 7.82 Å². The summed E-state index contributed by atoms with van der Waals surface area (Å²) in [7, 11) is -17.6. The number of fused-ring (bicyclic) bond motifs is 1. The van der Waals surface area contributed by atoms with E-state index in [4.69, 9.17) is 23.4 Å². The normalized spacial score (nSPS) is 25.4. The Hall–Kier alpha value is -2.14. The molecule has 0 aromatic heterocycles. The molecule has 12 atom stereocenters. The first-order valence-electron chi connectivity index (χ1n) is 24.7. The molecule has 0 radical (unpaired) electrons. The molecule has 0 aromatic carbocycles. The molecule has 2 unspecified atom stereocenters. The molecule has 3 amide bonds. The summed E-state index contributed by atoms with van der Waals surface area (Å²) < 4.78 is 64.5. The number of thioether (sulfide) groups is 1. The summed E-state index contributed by atoms with van der Waals surface area (Å²) in [6.07, 6.45) is 4.68. The average molecular weight is 1150 g/mol. The summed E-state index contributed by atoms with van der Waals surface area (Å²) in [4.78, 5) is 103. The topological polar surface area (TPSA) is 491 Å². The second-order valence-electron chi connectivity index (χ2n) is 18.0. The number of hydrogen-bond donors (Lipinski definition) is 11. The Kier molecular flexibility index (Phi) is 36.5. The number of hydrogen-bond acceptors (Lipinski definition) is 20. The van der Waals surface area contributed by atoms with Crippen LogP contribution in [-0.4, -0.2) is 135 Å². The molecule has 3 fully saturated rings. The summed E-state index contributed by atoms with van der Waals surface area (Å²) in [6.45, 7) is 0.866. The maximum atomic E-state index is 13.1. The van der Waals surface area contributed by atoms with Gasteiger partial charge in [-0.15, -0.1) is 0 Å². The van der Waals surface area contributed by atoms with Gasteiger partial charge in [0.1, 0.15) is 43.2 Å². The van der Waals surface area contributed by atoms with Crippen molar-refractivity contribution in [2.45, 2.75) is 208 Å². The zero-order valence-electron chi connectivity index (χ0n) is 43.3. The maximum Gasteiger partial charge on any atom is 0.472 e. The fraction of sp³-hybridized carbons (Fsp3) is 0.860. The van der Waals surface area contributed by atoms with E-state index in [1.54, 1.807) is 0 Å². The first kappa shape index (κ1) is 71.9. The van der Waals surface area contributed by atoms with E-state index in [9.17, 15) is 67.8 Å². The van der Waals surface area contributed by atoms with Crippen LogP contribution in [0.25, 0.3) is 0 Å². The van der Waals surface area contributed by atoms with Crippen molar-refractivity contribution in [1.82, 2.24) is 34.4 Å². The fourth-order valence-electron chi connectivity index (χ4n) is 8.33. The lowest BCUT2D eigenvalue weighted by atomic mass is 9.85. The SMILES string of the molecule is CCCCCCCC/C=C\CCCCCCCC(=O)OC[C@H](COP(=O)(O)O[C@H]1[C@H](O)[C@@H](OP(=O)([O-])[O-])[C@H](O)[C@@H](OP(=O)([O-])O)[C@H]1O)OC(=O)CCCCCNC(=O)CCCC[C@@H]1SC[C@@H]2NC(=O)N[C@@H]21.[NH4+].[NH4+].[NH4+]. The van der Waals surface area contributed by atoms with Gasteiger partial charge in [-0.3, -0.25) is 28.0 Å². The zero-order valence-corrected chi connectivity index (χ0v) is 46.8. The Morgan fingerprint density at radius 3 is 1.82 bits per heavy atom. The molecule has 0 bridgehead atoms. The van der Waals surface area contributed by atoms with Crippen molar-refractivity contribution in [1.29, 1.82) is 0 Å². The van der Waals surface area contributed by atoms with Gasteiger partial charge >= 0.3 is 25.8 Å². The van der Waals surface area contributed by atoms with E-state index >= 15 is 0 Å². The Bertz CT molecular complexity index is 1770. The standard InChI is InChI=1S/C43H78N3O21P3S.3H3N/c1-2-3-4-5-6-7-8-9-10-11-12-13-14-15-17-24-34(48)62-27-30(28-63-70(60,61)67-42-38(51)40(65-68(54,55)56)37(50)41(39(42)52)66-69(57,58)59)64-35(49)25-18-16-21-26-44-33(47)23-20-19-22-32-36-31(29-71-32)45-43(53)46-36;;;/h9-10,30-32,36-42,50-52H,2-8,11-29H2,1H3,(H,44,47)(H,60,61)(H2,45,46,53)(H2,54,55,56)(H2,57,58,59);3*1H3/b10-9-;;;/t30-,31+,32+,36+,37-,38-,39-,40-,41+,42-;;;/m1.../s1. The van der Waals surface area contributed by atoms with E-state index < -0.39 is 91.3 Å². The summed E-state index contributed by atoms with van der Waals surface area (Å²) in [5, 5.41) is 40.7. The molecule has 3 rings (SSSR count). The number of allylic oxidation sites excluding steroid dienone is 2. The number of rotatable bonds is 38. The predicted octanol–water partition coefficient (Wildman–Crippen LogP) is 3.67. The van der Waals surface area contributed by atoms with Crippen LogP contribution in [-0.2, 0) is 55.6 Å². The highest BCUT2D eigenvalue weighted by Crippen LogP contribution is 2.49. The fourth-order valence-corrected chi connectivity index (χ4v) is 11.9.